The van der Waals surface area contributed by atoms with Crippen molar-refractivity contribution in [2.45, 2.75) is 31.0 Å². The van der Waals surface area contributed by atoms with Gasteiger partial charge in [-0.15, -0.1) is 0 Å². The Hall–Kier alpha value is -0.220. The first kappa shape index (κ1) is 26.0. The van der Waals surface area contributed by atoms with Crippen LogP contribution in [0.2, 0.25) is 0 Å². The molecule has 6 atom stereocenters. The van der Waals surface area contributed by atoms with E-state index in [0.29, 0.717) is 0 Å². The maximum absolute atomic E-state index is 14.7. The molecule has 1 aromatic rings. The van der Waals surface area contributed by atoms with Crippen LogP contribution in [-0.4, -0.2) is 58.7 Å². The zero-order valence-electron chi connectivity index (χ0n) is 14.7. The number of H-pyrrole nitrogens is 1. The second-order valence-corrected chi connectivity index (χ2v) is 11.3. The quantitative estimate of drug-likeness (QED) is 0.208. The number of phosphoric acid groups is 3. The summed E-state index contributed by atoms with van der Waals surface area (Å²) >= 11 is 9.93. The first-order valence-electron chi connectivity index (χ1n) is 7.55. The largest absolute Gasteiger partial charge is 0.490 e. The Morgan fingerprint density at radius 2 is 1.83 bits per heavy atom. The molecule has 0 spiro atoms. The molecule has 1 saturated heterocycles. The SMILES string of the molecule is CC1(O)C(F)C(COP(=O)(O)OP(=O)(O)OP(=O)(O)O)OC1n1ccc(=S)[nH]c1=S. The van der Waals surface area contributed by atoms with Crippen molar-refractivity contribution in [2.75, 3.05) is 6.61 Å². The van der Waals surface area contributed by atoms with Crippen LogP contribution < -0.4 is 0 Å². The van der Waals surface area contributed by atoms with Crippen LogP contribution in [0.4, 0.5) is 4.39 Å². The summed E-state index contributed by atoms with van der Waals surface area (Å²) in [4.78, 5) is 38.1. The number of hydrogen-bond acceptors (Lipinski definition) is 10. The molecule has 1 aliphatic heterocycles. The van der Waals surface area contributed by atoms with Crippen molar-refractivity contribution in [3.8, 4) is 0 Å². The molecule has 0 bridgehead atoms. The molecule has 1 aliphatic rings. The third-order valence-corrected chi connectivity index (χ3v) is 7.96. The Morgan fingerprint density at radius 1 is 1.23 bits per heavy atom. The van der Waals surface area contributed by atoms with Gasteiger partial charge in [-0.2, -0.15) is 8.62 Å². The van der Waals surface area contributed by atoms with E-state index in [9.17, 15) is 28.1 Å². The van der Waals surface area contributed by atoms with Gasteiger partial charge in [0.2, 0.25) is 0 Å². The van der Waals surface area contributed by atoms with Gasteiger partial charge in [-0.05, 0) is 25.2 Å². The predicted molar refractivity (Wildman–Crippen MR) is 99.7 cm³/mol. The van der Waals surface area contributed by atoms with Crippen LogP contribution in [0.15, 0.2) is 12.3 Å². The molecule has 2 rings (SSSR count). The van der Waals surface area contributed by atoms with E-state index in [0.717, 1.165) is 11.5 Å². The highest BCUT2D eigenvalue weighted by Gasteiger charge is 2.55. The molecule has 14 nitrogen and oxygen atoms in total. The number of ether oxygens (including phenoxy) is 1. The second-order valence-electron chi connectivity index (χ2n) is 6.06. The fourth-order valence-corrected chi connectivity index (χ4v) is 5.96. The Kier molecular flexibility index (Phi) is 7.78. The van der Waals surface area contributed by atoms with E-state index in [1.807, 2.05) is 0 Å². The average Bonchev–Trinajstić information content (AvgIpc) is 2.73. The van der Waals surface area contributed by atoms with Crippen LogP contribution >= 0.6 is 47.9 Å². The van der Waals surface area contributed by atoms with Crippen LogP contribution in [0.1, 0.15) is 13.2 Å². The smallest absolute Gasteiger partial charge is 0.382 e. The van der Waals surface area contributed by atoms with Gasteiger partial charge in [0.1, 0.15) is 16.3 Å². The van der Waals surface area contributed by atoms with Gasteiger partial charge in [-0.1, -0.05) is 12.2 Å². The maximum Gasteiger partial charge on any atom is 0.490 e. The summed E-state index contributed by atoms with van der Waals surface area (Å²) in [6, 6.07) is 1.39. The predicted octanol–water partition coefficient (Wildman–Crippen LogP) is 1.60. The summed E-state index contributed by atoms with van der Waals surface area (Å²) in [7, 11) is -16.8. The van der Waals surface area contributed by atoms with Crippen LogP contribution in [0, 0.1) is 9.41 Å². The Labute approximate surface area is 177 Å². The van der Waals surface area contributed by atoms with Gasteiger partial charge in [-0.25, -0.2) is 18.1 Å². The molecule has 6 N–H and O–H groups in total. The molecule has 0 amide bonds. The van der Waals surface area contributed by atoms with Gasteiger partial charge in [0.05, 0.1) is 6.61 Å². The van der Waals surface area contributed by atoms with E-state index in [4.69, 9.17) is 43.9 Å². The van der Waals surface area contributed by atoms with Gasteiger partial charge in [0.25, 0.3) is 0 Å². The Morgan fingerprint density at radius 3 is 2.37 bits per heavy atom. The first-order valence-corrected chi connectivity index (χ1v) is 12.9. The number of phosphoric ester groups is 1. The Balaban J connectivity index is 2.13. The molecule has 20 heteroatoms. The third kappa shape index (κ3) is 6.64. The number of nitrogens with one attached hydrogen (secondary N) is 1. The maximum atomic E-state index is 14.7. The van der Waals surface area contributed by atoms with Gasteiger partial charge in [0, 0.05) is 6.20 Å². The topological polar surface area (TPSA) is 210 Å². The van der Waals surface area contributed by atoms with E-state index in [1.165, 1.54) is 12.3 Å². The molecule has 2 heterocycles. The molecule has 30 heavy (non-hydrogen) atoms. The molecule has 6 unspecified atom stereocenters. The minimum absolute atomic E-state index is 0.0199. The van der Waals surface area contributed by atoms with Crippen molar-refractivity contribution in [3.63, 3.8) is 0 Å². The highest BCUT2D eigenvalue weighted by Crippen LogP contribution is 2.66. The minimum Gasteiger partial charge on any atom is -0.382 e. The molecular weight excluding hydrogens is 516 g/mol. The minimum atomic E-state index is -5.73. The molecule has 0 radical (unpaired) electrons. The number of rotatable bonds is 8. The lowest BCUT2D eigenvalue weighted by molar-refractivity contribution is -0.0920. The average molecular weight is 532 g/mol. The fraction of sp³-hybridized carbons (Fsp3) is 0.600. The lowest BCUT2D eigenvalue weighted by Gasteiger charge is -2.27. The molecule has 1 fully saturated rings. The fourth-order valence-electron chi connectivity index (χ4n) is 2.44. The van der Waals surface area contributed by atoms with Gasteiger partial charge in [-0.3, -0.25) is 9.09 Å². The zero-order chi connectivity index (χ0) is 23.1. The van der Waals surface area contributed by atoms with E-state index in [2.05, 4.69) is 18.1 Å². The van der Waals surface area contributed by atoms with Crippen LogP contribution in [0.25, 0.3) is 0 Å². The molecule has 0 saturated carbocycles. The normalized spacial score (nSPS) is 31.2. The van der Waals surface area contributed by atoms with Crippen molar-refractivity contribution in [1.29, 1.82) is 0 Å². The number of aromatic nitrogens is 2. The number of halogens is 1. The summed E-state index contributed by atoms with van der Waals surface area (Å²) in [5.41, 5.74) is -2.20. The van der Waals surface area contributed by atoms with Gasteiger partial charge in [0.15, 0.2) is 17.2 Å². The van der Waals surface area contributed by atoms with Crippen molar-refractivity contribution >= 4 is 47.9 Å². The number of aromatic amines is 1. The second kappa shape index (κ2) is 8.96. The third-order valence-electron chi connectivity index (χ3n) is 3.61. The van der Waals surface area contributed by atoms with Crippen molar-refractivity contribution in [3.05, 3.63) is 21.7 Å². The molecule has 1 aromatic heterocycles. The van der Waals surface area contributed by atoms with E-state index in [-0.39, 0.29) is 9.41 Å². The number of aliphatic hydroxyl groups is 1. The molecule has 172 valence electrons. The van der Waals surface area contributed by atoms with Crippen LogP contribution in [-0.2, 0) is 31.6 Å². The summed E-state index contributed by atoms with van der Waals surface area (Å²) in [5, 5.41) is 10.5. The van der Waals surface area contributed by atoms with Gasteiger partial charge < -0.3 is 34.4 Å². The molecular formula is C10H16FN2O12P3S2. The first-order chi connectivity index (χ1) is 13.4. The van der Waals surface area contributed by atoms with Crippen molar-refractivity contribution in [2.24, 2.45) is 0 Å². The number of hydrogen-bond donors (Lipinski definition) is 6. The van der Waals surface area contributed by atoms with Crippen molar-refractivity contribution in [1.82, 2.24) is 9.55 Å². The Bertz CT molecular complexity index is 1060. The zero-order valence-corrected chi connectivity index (χ0v) is 19.0. The van der Waals surface area contributed by atoms with E-state index >= 15 is 0 Å². The molecule has 0 aliphatic carbocycles. The van der Waals surface area contributed by atoms with Gasteiger partial charge >= 0.3 is 23.5 Å². The lowest BCUT2D eigenvalue weighted by atomic mass is 9.98. The number of alkyl halides is 1. The van der Waals surface area contributed by atoms with Crippen molar-refractivity contribution < 1.29 is 60.6 Å². The lowest BCUT2D eigenvalue weighted by Crippen LogP contribution is -2.42. The van der Waals surface area contributed by atoms with Crippen LogP contribution in [0.3, 0.4) is 0 Å². The number of nitrogens with zero attached hydrogens (tertiary/aromatic N) is 1. The highest BCUT2D eigenvalue weighted by atomic mass is 32.1. The summed E-state index contributed by atoms with van der Waals surface area (Å²) < 4.78 is 66.4. The standard InChI is InChI=1S/C10H16FN2O12P3S2/c1-10(14)7(11)5(23-8(10)13-3-2-6(29)12-9(13)30)4-22-27(18,19)25-28(20,21)24-26(15,16)17/h2-3,5,7-8,14H,4H2,1H3,(H,18,19)(H,20,21)(H,12,29,30)(H2,15,16,17). The highest BCUT2D eigenvalue weighted by molar-refractivity contribution is 7.72. The summed E-state index contributed by atoms with van der Waals surface area (Å²) in [6.45, 7) is -0.00972. The van der Waals surface area contributed by atoms with E-state index < -0.39 is 54.2 Å². The summed E-state index contributed by atoms with van der Waals surface area (Å²) in [6.07, 6.45) is -3.97. The van der Waals surface area contributed by atoms with Crippen LogP contribution in [0.5, 0.6) is 0 Å². The van der Waals surface area contributed by atoms with E-state index in [1.54, 1.807) is 0 Å². The molecule has 0 aromatic carbocycles. The summed E-state index contributed by atoms with van der Waals surface area (Å²) in [5.74, 6) is 0. The monoisotopic (exact) mass is 532 g/mol.